The molecule has 1 atom stereocenters. The normalized spacial score (nSPS) is 18.7. The van der Waals surface area contributed by atoms with Crippen molar-refractivity contribution in [2.24, 2.45) is 5.41 Å². The highest BCUT2D eigenvalue weighted by Gasteiger charge is 2.34. The Hall–Kier alpha value is -1.02. The first-order valence-electron chi connectivity index (χ1n) is 7.54. The maximum atomic E-state index is 5.19. The zero-order valence-corrected chi connectivity index (χ0v) is 12.5. The summed E-state index contributed by atoms with van der Waals surface area (Å²) in [5.74, 6) is 0.934. The molecule has 2 heteroatoms. The number of ether oxygens (including phenoxy) is 1. The standard InChI is InChI=1S/C17H27NO/c1-4-17(10-5-11-17)13-18-14(2)12-15-6-8-16(19-3)9-7-15/h6-9,14,18H,4-5,10-13H2,1-3H3. The molecular weight excluding hydrogens is 234 g/mol. The molecule has 0 heterocycles. The van der Waals surface area contributed by atoms with E-state index < -0.39 is 0 Å². The lowest BCUT2D eigenvalue weighted by Crippen LogP contribution is -2.43. The molecule has 1 aliphatic carbocycles. The molecule has 2 nitrogen and oxygen atoms in total. The van der Waals surface area contributed by atoms with Crippen molar-refractivity contribution in [2.75, 3.05) is 13.7 Å². The molecule has 0 aliphatic heterocycles. The smallest absolute Gasteiger partial charge is 0.118 e. The van der Waals surface area contributed by atoms with E-state index in [0.29, 0.717) is 11.5 Å². The van der Waals surface area contributed by atoms with Gasteiger partial charge in [0.05, 0.1) is 7.11 Å². The molecule has 1 saturated carbocycles. The molecule has 1 aromatic rings. The minimum Gasteiger partial charge on any atom is -0.497 e. The Morgan fingerprint density at radius 1 is 1.26 bits per heavy atom. The largest absolute Gasteiger partial charge is 0.497 e. The van der Waals surface area contributed by atoms with Crippen LogP contribution in [-0.2, 0) is 6.42 Å². The Balaban J connectivity index is 1.78. The molecule has 1 fully saturated rings. The van der Waals surface area contributed by atoms with Crippen molar-refractivity contribution in [3.05, 3.63) is 29.8 Å². The summed E-state index contributed by atoms with van der Waals surface area (Å²) in [5.41, 5.74) is 1.98. The van der Waals surface area contributed by atoms with Crippen molar-refractivity contribution in [1.82, 2.24) is 5.32 Å². The van der Waals surface area contributed by atoms with Crippen molar-refractivity contribution in [1.29, 1.82) is 0 Å². The van der Waals surface area contributed by atoms with E-state index in [1.165, 1.54) is 37.8 Å². The summed E-state index contributed by atoms with van der Waals surface area (Å²) in [6.07, 6.45) is 6.64. The second-order valence-corrected chi connectivity index (χ2v) is 6.04. The van der Waals surface area contributed by atoms with Gasteiger partial charge in [0.15, 0.2) is 0 Å². The van der Waals surface area contributed by atoms with E-state index in [-0.39, 0.29) is 0 Å². The third-order valence-corrected chi connectivity index (χ3v) is 4.69. The fourth-order valence-corrected chi connectivity index (χ4v) is 2.91. The summed E-state index contributed by atoms with van der Waals surface area (Å²) in [5, 5.41) is 3.72. The molecule has 1 N–H and O–H groups in total. The number of methoxy groups -OCH3 is 1. The van der Waals surface area contributed by atoms with Gasteiger partial charge >= 0.3 is 0 Å². The molecule has 0 radical (unpaired) electrons. The van der Waals surface area contributed by atoms with Gasteiger partial charge in [-0.05, 0) is 55.7 Å². The average molecular weight is 261 g/mol. The monoisotopic (exact) mass is 261 g/mol. The summed E-state index contributed by atoms with van der Waals surface area (Å²) in [6, 6.07) is 8.95. The Bertz CT molecular complexity index is 375. The number of nitrogens with one attached hydrogen (secondary N) is 1. The first kappa shape index (κ1) is 14.4. The zero-order valence-electron chi connectivity index (χ0n) is 12.5. The highest BCUT2D eigenvalue weighted by atomic mass is 16.5. The van der Waals surface area contributed by atoms with Crippen molar-refractivity contribution in [3.8, 4) is 5.75 Å². The lowest BCUT2D eigenvalue weighted by atomic mass is 9.67. The van der Waals surface area contributed by atoms with Crippen LogP contribution in [0.25, 0.3) is 0 Å². The van der Waals surface area contributed by atoms with Gasteiger partial charge in [-0.3, -0.25) is 0 Å². The minimum absolute atomic E-state index is 0.539. The van der Waals surface area contributed by atoms with Crippen molar-refractivity contribution in [2.45, 2.75) is 52.0 Å². The predicted molar refractivity (Wildman–Crippen MR) is 80.7 cm³/mol. The SMILES string of the molecule is CCC1(CNC(C)Cc2ccc(OC)cc2)CCC1. The van der Waals surface area contributed by atoms with Crippen molar-refractivity contribution in [3.63, 3.8) is 0 Å². The van der Waals surface area contributed by atoms with E-state index in [9.17, 15) is 0 Å². The zero-order chi connectivity index (χ0) is 13.7. The molecule has 19 heavy (non-hydrogen) atoms. The molecule has 1 unspecified atom stereocenters. The van der Waals surface area contributed by atoms with Crippen LogP contribution in [0, 0.1) is 5.41 Å². The van der Waals surface area contributed by atoms with Gasteiger partial charge in [0.1, 0.15) is 5.75 Å². The molecule has 0 amide bonds. The molecule has 0 bridgehead atoms. The topological polar surface area (TPSA) is 21.3 Å². The molecule has 0 saturated heterocycles. The highest BCUT2D eigenvalue weighted by molar-refractivity contribution is 5.27. The quantitative estimate of drug-likeness (QED) is 0.806. The second-order valence-electron chi connectivity index (χ2n) is 6.04. The van der Waals surface area contributed by atoms with Gasteiger partial charge in [-0.25, -0.2) is 0 Å². The van der Waals surface area contributed by atoms with E-state index in [1.807, 2.05) is 12.1 Å². The fourth-order valence-electron chi connectivity index (χ4n) is 2.91. The Labute approximate surface area is 117 Å². The maximum absolute atomic E-state index is 5.19. The van der Waals surface area contributed by atoms with Crippen LogP contribution in [0.3, 0.4) is 0 Å². The highest BCUT2D eigenvalue weighted by Crippen LogP contribution is 2.43. The Morgan fingerprint density at radius 2 is 1.95 bits per heavy atom. The molecule has 106 valence electrons. The van der Waals surface area contributed by atoms with E-state index in [0.717, 1.165) is 12.2 Å². The predicted octanol–water partition coefficient (Wildman–Crippen LogP) is 3.80. The lowest BCUT2D eigenvalue weighted by Gasteiger charge is -2.42. The Kier molecular flexibility index (Phi) is 4.87. The first-order chi connectivity index (χ1) is 9.17. The number of hydrogen-bond donors (Lipinski definition) is 1. The number of rotatable bonds is 7. The number of benzene rings is 1. The minimum atomic E-state index is 0.539. The van der Waals surface area contributed by atoms with Crippen LogP contribution < -0.4 is 10.1 Å². The van der Waals surface area contributed by atoms with E-state index in [4.69, 9.17) is 4.74 Å². The van der Waals surface area contributed by atoms with Crippen molar-refractivity contribution < 1.29 is 4.74 Å². The molecule has 0 aromatic heterocycles. The van der Waals surface area contributed by atoms with Gasteiger partial charge in [0.25, 0.3) is 0 Å². The van der Waals surface area contributed by atoms with Gasteiger partial charge < -0.3 is 10.1 Å². The Morgan fingerprint density at radius 3 is 2.42 bits per heavy atom. The van der Waals surface area contributed by atoms with Gasteiger partial charge in [-0.1, -0.05) is 25.5 Å². The average Bonchev–Trinajstić information content (AvgIpc) is 2.39. The van der Waals surface area contributed by atoms with E-state index in [2.05, 4.69) is 31.3 Å². The molecule has 1 aliphatic rings. The molecular formula is C17H27NO. The van der Waals surface area contributed by atoms with Crippen LogP contribution in [0.15, 0.2) is 24.3 Å². The van der Waals surface area contributed by atoms with Crippen LogP contribution in [0.2, 0.25) is 0 Å². The summed E-state index contributed by atoms with van der Waals surface area (Å²) in [7, 11) is 1.71. The van der Waals surface area contributed by atoms with Gasteiger partial charge in [0, 0.05) is 12.6 Å². The van der Waals surface area contributed by atoms with Crippen LogP contribution in [-0.4, -0.2) is 19.7 Å². The van der Waals surface area contributed by atoms with Crippen LogP contribution >= 0.6 is 0 Å². The third-order valence-electron chi connectivity index (χ3n) is 4.69. The number of hydrogen-bond acceptors (Lipinski definition) is 2. The maximum Gasteiger partial charge on any atom is 0.118 e. The van der Waals surface area contributed by atoms with Crippen LogP contribution in [0.1, 0.15) is 45.1 Å². The third kappa shape index (κ3) is 3.73. The second kappa shape index (κ2) is 6.42. The van der Waals surface area contributed by atoms with Gasteiger partial charge in [-0.2, -0.15) is 0 Å². The molecule has 1 aromatic carbocycles. The summed E-state index contributed by atoms with van der Waals surface area (Å²) < 4.78 is 5.19. The summed E-state index contributed by atoms with van der Waals surface area (Å²) in [6.45, 7) is 5.79. The molecule has 2 rings (SSSR count). The van der Waals surface area contributed by atoms with E-state index >= 15 is 0 Å². The summed E-state index contributed by atoms with van der Waals surface area (Å²) >= 11 is 0. The van der Waals surface area contributed by atoms with Crippen LogP contribution in [0.5, 0.6) is 5.75 Å². The van der Waals surface area contributed by atoms with Crippen LogP contribution in [0.4, 0.5) is 0 Å². The lowest BCUT2D eigenvalue weighted by molar-refractivity contribution is 0.120. The fraction of sp³-hybridized carbons (Fsp3) is 0.647. The summed E-state index contributed by atoms with van der Waals surface area (Å²) in [4.78, 5) is 0. The van der Waals surface area contributed by atoms with Crippen molar-refractivity contribution >= 4 is 0 Å². The van der Waals surface area contributed by atoms with Gasteiger partial charge in [-0.15, -0.1) is 0 Å². The first-order valence-corrected chi connectivity index (χ1v) is 7.54. The molecule has 0 spiro atoms. The van der Waals surface area contributed by atoms with Gasteiger partial charge in [0.2, 0.25) is 0 Å². The van der Waals surface area contributed by atoms with E-state index in [1.54, 1.807) is 7.11 Å².